The summed E-state index contributed by atoms with van der Waals surface area (Å²) < 4.78 is 14.6. The van der Waals surface area contributed by atoms with Crippen LogP contribution in [0.15, 0.2) is 26.2 Å². The Kier molecular flexibility index (Phi) is 1.10. The van der Waals surface area contributed by atoms with Crippen LogP contribution in [0.4, 0.5) is 0 Å². The first kappa shape index (κ1) is 5.67. The van der Waals surface area contributed by atoms with Crippen LogP contribution < -0.4 is 0 Å². The van der Waals surface area contributed by atoms with Gasteiger partial charge in [-0.3, -0.25) is 0 Å². The van der Waals surface area contributed by atoms with Crippen LogP contribution in [0.5, 0.6) is 0 Å². The number of nitrogens with zero attached hydrogens (tertiary/aromatic N) is 3. The highest BCUT2D eigenvalue weighted by Gasteiger charge is 2.18. The molecule has 0 aliphatic carbocycles. The topological polar surface area (TPSA) is 54.1 Å². The van der Waals surface area contributed by atoms with Gasteiger partial charge in [0.15, 0.2) is 16.0 Å². The number of allylic oxidation sites excluding steroid dienone is 1. The first-order valence-corrected chi connectivity index (χ1v) is 3.75. The van der Waals surface area contributed by atoms with Gasteiger partial charge in [-0.25, -0.2) is 14.2 Å². The van der Waals surface area contributed by atoms with E-state index >= 15 is 0 Å². The van der Waals surface area contributed by atoms with E-state index < -0.39 is 11.0 Å². The second-order valence-electron chi connectivity index (χ2n) is 1.73. The maximum Gasteiger partial charge on any atom is 0.193 e. The van der Waals surface area contributed by atoms with Gasteiger partial charge in [-0.2, -0.15) is 4.40 Å². The van der Waals surface area contributed by atoms with E-state index in [1.54, 1.807) is 6.08 Å². The van der Waals surface area contributed by atoms with E-state index in [0.29, 0.717) is 10.7 Å². The quantitative estimate of drug-likeness (QED) is 0.485. The predicted octanol–water partition coefficient (Wildman–Crippen LogP) is 0.0588. The number of hydrogen-bond donors (Lipinski definition) is 0. The first-order valence-electron chi connectivity index (χ1n) is 2.65. The van der Waals surface area contributed by atoms with Crippen molar-refractivity contribution < 1.29 is 4.21 Å². The van der Waals surface area contributed by atoms with Gasteiger partial charge < -0.3 is 0 Å². The fraction of sp³-hybridized carbons (Fsp3) is 0. The van der Waals surface area contributed by atoms with Crippen LogP contribution in [0.2, 0.25) is 0 Å². The summed E-state index contributed by atoms with van der Waals surface area (Å²) in [6, 6.07) is 0. The SMILES string of the molecule is O=S1N=CC=C2N=CN=C21. The summed E-state index contributed by atoms with van der Waals surface area (Å²) in [5.41, 5.74) is 0.660. The third-order valence-electron chi connectivity index (χ3n) is 1.15. The zero-order valence-electron chi connectivity index (χ0n) is 4.89. The maximum absolute atomic E-state index is 10.9. The van der Waals surface area contributed by atoms with Crippen molar-refractivity contribution in [1.29, 1.82) is 0 Å². The van der Waals surface area contributed by atoms with Crippen molar-refractivity contribution in [2.24, 2.45) is 14.4 Å². The minimum Gasteiger partial charge on any atom is -0.234 e. The lowest BCUT2D eigenvalue weighted by atomic mass is 10.4. The zero-order valence-corrected chi connectivity index (χ0v) is 5.71. The van der Waals surface area contributed by atoms with Crippen molar-refractivity contribution in [2.45, 2.75) is 0 Å². The van der Waals surface area contributed by atoms with E-state index in [4.69, 9.17) is 0 Å². The van der Waals surface area contributed by atoms with E-state index in [2.05, 4.69) is 14.4 Å². The van der Waals surface area contributed by atoms with Gasteiger partial charge in [0.25, 0.3) is 0 Å². The number of hydrogen-bond acceptors (Lipinski definition) is 3. The highest BCUT2D eigenvalue weighted by Crippen LogP contribution is 2.12. The van der Waals surface area contributed by atoms with E-state index in [9.17, 15) is 4.21 Å². The Morgan fingerprint density at radius 2 is 2.40 bits per heavy atom. The fourth-order valence-corrected chi connectivity index (χ4v) is 1.43. The van der Waals surface area contributed by atoms with Crippen LogP contribution in [0, 0.1) is 0 Å². The molecule has 0 aromatic rings. The molecule has 2 heterocycles. The lowest BCUT2D eigenvalue weighted by Gasteiger charge is -1.98. The van der Waals surface area contributed by atoms with Gasteiger partial charge in [0.1, 0.15) is 12.0 Å². The Balaban J connectivity index is 2.54. The number of aliphatic imine (C=N–C) groups is 2. The molecule has 2 rings (SSSR count). The van der Waals surface area contributed by atoms with E-state index in [0.717, 1.165) is 0 Å². The zero-order chi connectivity index (χ0) is 6.97. The Morgan fingerprint density at radius 3 is 3.20 bits per heavy atom. The van der Waals surface area contributed by atoms with Gasteiger partial charge in [0.2, 0.25) is 0 Å². The second kappa shape index (κ2) is 1.95. The Labute approximate surface area is 59.7 Å². The smallest absolute Gasteiger partial charge is 0.193 e. The molecule has 10 heavy (non-hydrogen) atoms. The molecule has 0 bridgehead atoms. The molecule has 0 spiro atoms. The average Bonchev–Trinajstić information content (AvgIpc) is 2.36. The molecule has 2 aliphatic rings. The van der Waals surface area contributed by atoms with Crippen molar-refractivity contribution >= 4 is 28.6 Å². The Hall–Kier alpha value is -1.10. The van der Waals surface area contributed by atoms with Gasteiger partial charge in [-0.05, 0) is 6.08 Å². The molecule has 0 saturated heterocycles. The molecule has 0 fully saturated rings. The Morgan fingerprint density at radius 1 is 1.50 bits per heavy atom. The fourth-order valence-electron chi connectivity index (χ4n) is 0.720. The molecule has 1 unspecified atom stereocenters. The monoisotopic (exact) mass is 153 g/mol. The lowest BCUT2D eigenvalue weighted by molar-refractivity contribution is 0.691. The molecule has 0 radical (unpaired) electrons. The van der Waals surface area contributed by atoms with Crippen LogP contribution in [-0.4, -0.2) is 21.8 Å². The maximum atomic E-state index is 10.9. The summed E-state index contributed by atoms with van der Waals surface area (Å²) in [6.45, 7) is 0. The van der Waals surface area contributed by atoms with Crippen molar-refractivity contribution in [1.82, 2.24) is 0 Å². The van der Waals surface area contributed by atoms with Crippen LogP contribution in [0.25, 0.3) is 0 Å². The standard InChI is InChI=1S/C5H3N3OS/c9-10-5-4(1-2-8-10)6-3-7-5/h1-3H. The van der Waals surface area contributed by atoms with Gasteiger partial charge in [0.05, 0.1) is 0 Å². The molecular formula is C5H3N3OS. The lowest BCUT2D eigenvalue weighted by Crippen LogP contribution is -2.08. The van der Waals surface area contributed by atoms with Crippen molar-refractivity contribution in [3.05, 3.63) is 11.8 Å². The average molecular weight is 153 g/mol. The molecule has 2 aliphatic heterocycles. The predicted molar refractivity (Wildman–Crippen MR) is 40.6 cm³/mol. The summed E-state index contributed by atoms with van der Waals surface area (Å²) in [7, 11) is -1.32. The molecule has 0 N–H and O–H groups in total. The number of fused-ring (bicyclic) bond motifs is 1. The van der Waals surface area contributed by atoms with Crippen molar-refractivity contribution in [2.75, 3.05) is 0 Å². The van der Waals surface area contributed by atoms with Gasteiger partial charge in [-0.15, -0.1) is 0 Å². The highest BCUT2D eigenvalue weighted by molar-refractivity contribution is 8.00. The third-order valence-corrected chi connectivity index (χ3v) is 2.10. The normalized spacial score (nSPS) is 27.8. The minimum atomic E-state index is -1.32. The molecule has 0 amide bonds. The van der Waals surface area contributed by atoms with E-state index in [1.165, 1.54) is 12.6 Å². The summed E-state index contributed by atoms with van der Waals surface area (Å²) in [5, 5.41) is 0.461. The molecule has 4 nitrogen and oxygen atoms in total. The summed E-state index contributed by atoms with van der Waals surface area (Å²) in [6.07, 6.45) is 4.55. The first-order chi connectivity index (χ1) is 4.88. The van der Waals surface area contributed by atoms with Crippen LogP contribution in [0.3, 0.4) is 0 Å². The third kappa shape index (κ3) is 0.672. The molecule has 0 aromatic heterocycles. The largest absolute Gasteiger partial charge is 0.234 e. The minimum absolute atomic E-state index is 0.461. The molecule has 1 atom stereocenters. The van der Waals surface area contributed by atoms with Crippen LogP contribution in [0.1, 0.15) is 0 Å². The van der Waals surface area contributed by atoms with Crippen molar-refractivity contribution in [3.8, 4) is 0 Å². The van der Waals surface area contributed by atoms with Gasteiger partial charge in [-0.1, -0.05) is 0 Å². The van der Waals surface area contributed by atoms with E-state index in [-0.39, 0.29) is 0 Å². The van der Waals surface area contributed by atoms with Gasteiger partial charge in [0, 0.05) is 6.21 Å². The molecule has 0 aromatic carbocycles. The summed E-state index contributed by atoms with van der Waals surface area (Å²) in [4.78, 5) is 7.64. The van der Waals surface area contributed by atoms with Gasteiger partial charge >= 0.3 is 0 Å². The van der Waals surface area contributed by atoms with Crippen LogP contribution >= 0.6 is 0 Å². The van der Waals surface area contributed by atoms with E-state index in [1.807, 2.05) is 0 Å². The summed E-state index contributed by atoms with van der Waals surface area (Å²) >= 11 is 0. The second-order valence-corrected chi connectivity index (χ2v) is 2.83. The van der Waals surface area contributed by atoms with Crippen LogP contribution in [-0.2, 0) is 11.0 Å². The molecular weight excluding hydrogens is 150 g/mol. The molecule has 50 valence electrons. The highest BCUT2D eigenvalue weighted by atomic mass is 32.2. The Bertz CT molecular complexity index is 307. The number of rotatable bonds is 0. The summed E-state index contributed by atoms with van der Waals surface area (Å²) in [5.74, 6) is 0. The van der Waals surface area contributed by atoms with Crippen molar-refractivity contribution in [3.63, 3.8) is 0 Å². The molecule has 0 saturated carbocycles. The molecule has 5 heteroatoms.